The molecule has 0 amide bonds. The molecule has 0 spiro atoms. The van der Waals surface area contributed by atoms with E-state index in [1.165, 1.54) is 5.56 Å². The van der Waals surface area contributed by atoms with Crippen LogP contribution in [0.4, 0.5) is 5.69 Å². The van der Waals surface area contributed by atoms with Crippen molar-refractivity contribution in [2.45, 2.75) is 13.3 Å². The molecule has 0 radical (unpaired) electrons. The Kier molecular flexibility index (Phi) is 3.81. The summed E-state index contributed by atoms with van der Waals surface area (Å²) in [5.74, 6) is 0.470. The lowest BCUT2D eigenvalue weighted by molar-refractivity contribution is 1.13. The number of aryl methyl sites for hydroxylation is 1. The zero-order valence-electron chi connectivity index (χ0n) is 7.13. The van der Waals surface area contributed by atoms with Gasteiger partial charge in [0.15, 0.2) is 0 Å². The molecular formula is C10H12ClN. The molecule has 0 aliphatic carbocycles. The first-order chi connectivity index (χ1) is 5.88. The molecule has 1 aromatic carbocycles. The molecule has 0 bridgehead atoms. The Bertz CT molecular complexity index is 268. The summed E-state index contributed by atoms with van der Waals surface area (Å²) in [5, 5.41) is 0. The summed E-state index contributed by atoms with van der Waals surface area (Å²) in [6.45, 7) is 2.12. The van der Waals surface area contributed by atoms with Gasteiger partial charge in [-0.2, -0.15) is 0 Å². The molecule has 0 saturated heterocycles. The molecule has 1 aromatic rings. The van der Waals surface area contributed by atoms with Crippen molar-refractivity contribution in [2.75, 3.05) is 5.88 Å². The fourth-order valence-electron chi connectivity index (χ4n) is 1.07. The molecule has 64 valence electrons. The Morgan fingerprint density at radius 2 is 2.17 bits per heavy atom. The standard InChI is InChI=1S/C10H12ClN/c1-2-9-5-3-4-6-10(9)12-8-7-11/h3-6,8H,2,7H2,1H3. The van der Waals surface area contributed by atoms with Crippen LogP contribution in [0.25, 0.3) is 0 Å². The van der Waals surface area contributed by atoms with Crippen LogP contribution in [0.2, 0.25) is 0 Å². The van der Waals surface area contributed by atoms with Gasteiger partial charge in [-0.15, -0.1) is 11.6 Å². The number of alkyl halides is 1. The van der Waals surface area contributed by atoms with Crippen LogP contribution in [0, 0.1) is 0 Å². The number of aliphatic imine (C=N–C) groups is 1. The highest BCUT2D eigenvalue weighted by atomic mass is 35.5. The van der Waals surface area contributed by atoms with Crippen molar-refractivity contribution in [1.82, 2.24) is 0 Å². The normalized spacial score (nSPS) is 10.8. The first-order valence-corrected chi connectivity index (χ1v) is 4.58. The zero-order chi connectivity index (χ0) is 8.81. The third kappa shape index (κ3) is 2.35. The summed E-state index contributed by atoms with van der Waals surface area (Å²) in [7, 11) is 0. The van der Waals surface area contributed by atoms with E-state index in [1.807, 2.05) is 18.2 Å². The first-order valence-electron chi connectivity index (χ1n) is 4.05. The van der Waals surface area contributed by atoms with Crippen LogP contribution in [-0.2, 0) is 6.42 Å². The molecule has 0 aliphatic heterocycles. The zero-order valence-corrected chi connectivity index (χ0v) is 7.88. The van der Waals surface area contributed by atoms with Crippen molar-refractivity contribution < 1.29 is 0 Å². The lowest BCUT2D eigenvalue weighted by Crippen LogP contribution is -1.81. The van der Waals surface area contributed by atoms with Crippen molar-refractivity contribution in [2.24, 2.45) is 4.99 Å². The van der Waals surface area contributed by atoms with E-state index >= 15 is 0 Å². The topological polar surface area (TPSA) is 12.4 Å². The van der Waals surface area contributed by atoms with Crippen LogP contribution in [0.1, 0.15) is 12.5 Å². The van der Waals surface area contributed by atoms with Crippen molar-refractivity contribution in [3.63, 3.8) is 0 Å². The molecule has 0 heterocycles. The Hall–Kier alpha value is -0.820. The van der Waals surface area contributed by atoms with Crippen molar-refractivity contribution in [3.05, 3.63) is 29.8 Å². The molecule has 1 rings (SSSR count). The van der Waals surface area contributed by atoms with Gasteiger partial charge in [-0.3, -0.25) is 4.99 Å². The highest BCUT2D eigenvalue weighted by molar-refractivity contribution is 6.24. The highest BCUT2D eigenvalue weighted by Crippen LogP contribution is 2.18. The van der Waals surface area contributed by atoms with Gasteiger partial charge in [0.1, 0.15) is 0 Å². The molecule has 12 heavy (non-hydrogen) atoms. The maximum atomic E-state index is 5.50. The predicted octanol–water partition coefficient (Wildman–Crippen LogP) is 3.19. The Labute approximate surface area is 78.1 Å². The maximum Gasteiger partial charge on any atom is 0.0658 e. The molecule has 0 aliphatic rings. The molecule has 2 heteroatoms. The third-order valence-electron chi connectivity index (χ3n) is 1.67. The average Bonchev–Trinajstić information content (AvgIpc) is 2.15. The van der Waals surface area contributed by atoms with E-state index in [0.29, 0.717) is 5.88 Å². The molecule has 0 unspecified atom stereocenters. The van der Waals surface area contributed by atoms with Gasteiger partial charge in [0.25, 0.3) is 0 Å². The fourth-order valence-corrected chi connectivity index (χ4v) is 1.14. The average molecular weight is 182 g/mol. The summed E-state index contributed by atoms with van der Waals surface area (Å²) in [6.07, 6.45) is 2.73. The second kappa shape index (κ2) is 4.94. The van der Waals surface area contributed by atoms with Crippen molar-refractivity contribution >= 4 is 23.5 Å². The summed E-state index contributed by atoms with van der Waals surface area (Å²) in [4.78, 5) is 4.24. The van der Waals surface area contributed by atoms with Gasteiger partial charge in [-0.25, -0.2) is 0 Å². The van der Waals surface area contributed by atoms with E-state index in [9.17, 15) is 0 Å². The number of hydrogen-bond donors (Lipinski definition) is 0. The second-order valence-electron chi connectivity index (χ2n) is 2.45. The van der Waals surface area contributed by atoms with E-state index in [-0.39, 0.29) is 0 Å². The number of hydrogen-bond acceptors (Lipinski definition) is 1. The van der Waals surface area contributed by atoms with E-state index in [1.54, 1.807) is 6.21 Å². The number of nitrogens with zero attached hydrogens (tertiary/aromatic N) is 1. The van der Waals surface area contributed by atoms with Gasteiger partial charge in [0, 0.05) is 6.21 Å². The lowest BCUT2D eigenvalue weighted by atomic mass is 10.1. The molecule has 0 saturated carbocycles. The van der Waals surface area contributed by atoms with Crippen molar-refractivity contribution in [1.29, 1.82) is 0 Å². The van der Waals surface area contributed by atoms with Gasteiger partial charge in [-0.05, 0) is 18.1 Å². The van der Waals surface area contributed by atoms with Crippen molar-refractivity contribution in [3.8, 4) is 0 Å². The molecule has 0 aromatic heterocycles. The van der Waals surface area contributed by atoms with Crippen LogP contribution in [0.15, 0.2) is 29.3 Å². The molecule has 0 fully saturated rings. The minimum atomic E-state index is 0.470. The van der Waals surface area contributed by atoms with Crippen LogP contribution < -0.4 is 0 Å². The summed E-state index contributed by atoms with van der Waals surface area (Å²) < 4.78 is 0. The van der Waals surface area contributed by atoms with Crippen LogP contribution in [0.5, 0.6) is 0 Å². The number of para-hydroxylation sites is 1. The van der Waals surface area contributed by atoms with Gasteiger partial charge in [0.05, 0.1) is 11.6 Å². The SMILES string of the molecule is CCc1ccccc1N=CCCl. The second-order valence-corrected chi connectivity index (χ2v) is 2.76. The molecule has 0 N–H and O–H groups in total. The van der Waals surface area contributed by atoms with Crippen LogP contribution in [0.3, 0.4) is 0 Å². The molecular weight excluding hydrogens is 170 g/mol. The Morgan fingerprint density at radius 3 is 2.83 bits per heavy atom. The van der Waals surface area contributed by atoms with Gasteiger partial charge >= 0.3 is 0 Å². The monoisotopic (exact) mass is 181 g/mol. The number of rotatable bonds is 3. The van der Waals surface area contributed by atoms with E-state index in [0.717, 1.165) is 12.1 Å². The molecule has 0 atom stereocenters. The third-order valence-corrected chi connectivity index (χ3v) is 1.81. The minimum Gasteiger partial charge on any atom is -0.260 e. The maximum absolute atomic E-state index is 5.50. The molecule has 1 nitrogen and oxygen atoms in total. The Balaban J connectivity index is 2.89. The van der Waals surface area contributed by atoms with E-state index in [4.69, 9.17) is 11.6 Å². The van der Waals surface area contributed by atoms with Gasteiger partial charge in [-0.1, -0.05) is 25.1 Å². The number of halogens is 1. The smallest absolute Gasteiger partial charge is 0.0658 e. The minimum absolute atomic E-state index is 0.470. The Morgan fingerprint density at radius 1 is 1.42 bits per heavy atom. The lowest BCUT2D eigenvalue weighted by Gasteiger charge is -2.00. The van der Waals surface area contributed by atoms with E-state index in [2.05, 4.69) is 18.0 Å². The largest absolute Gasteiger partial charge is 0.260 e. The first kappa shape index (κ1) is 9.27. The van der Waals surface area contributed by atoms with E-state index < -0.39 is 0 Å². The highest BCUT2D eigenvalue weighted by Gasteiger charge is 1.94. The van der Waals surface area contributed by atoms with Crippen LogP contribution in [-0.4, -0.2) is 12.1 Å². The van der Waals surface area contributed by atoms with Gasteiger partial charge in [0.2, 0.25) is 0 Å². The quantitative estimate of drug-likeness (QED) is 0.502. The fraction of sp³-hybridized carbons (Fsp3) is 0.300. The summed E-state index contributed by atoms with van der Waals surface area (Å²) in [5.41, 5.74) is 2.29. The number of benzene rings is 1. The summed E-state index contributed by atoms with van der Waals surface area (Å²) >= 11 is 5.50. The predicted molar refractivity (Wildman–Crippen MR) is 54.7 cm³/mol. The summed E-state index contributed by atoms with van der Waals surface area (Å²) in [6, 6.07) is 8.10. The van der Waals surface area contributed by atoms with Crippen LogP contribution >= 0.6 is 11.6 Å². The van der Waals surface area contributed by atoms with Gasteiger partial charge < -0.3 is 0 Å².